The zero-order valence-electron chi connectivity index (χ0n) is 24.5. The van der Waals surface area contributed by atoms with Crippen molar-refractivity contribution >= 4 is 118 Å². The summed E-state index contributed by atoms with van der Waals surface area (Å²) >= 11 is 3.89. The molecule has 0 aliphatic heterocycles. The van der Waals surface area contributed by atoms with Crippen molar-refractivity contribution in [2.75, 3.05) is 0 Å². The largest absolute Gasteiger partial charge is 0.135 e. The Labute approximate surface area is 271 Å². The number of fused-ring (bicyclic) bond motifs is 8. The Kier molecular flexibility index (Phi) is 4.33. The first kappa shape index (κ1) is 24.0. The van der Waals surface area contributed by atoms with E-state index in [4.69, 9.17) is 0 Å². The average molecular weight is 615 g/mol. The van der Waals surface area contributed by atoms with Crippen LogP contribution in [0, 0.1) is 0 Å². The number of thiophene rings is 2. The molecule has 0 aliphatic carbocycles. The lowest BCUT2D eigenvalue weighted by molar-refractivity contribution is 1.74. The third kappa shape index (κ3) is 2.95. The van der Waals surface area contributed by atoms with Crippen molar-refractivity contribution < 1.29 is 0 Å². The molecule has 0 N–H and O–H groups in total. The van der Waals surface area contributed by atoms with Gasteiger partial charge >= 0.3 is 0 Å². The molecule has 0 aliphatic rings. The summed E-state index contributed by atoms with van der Waals surface area (Å²) in [5.41, 5.74) is 2.60. The quantitative estimate of drug-likeness (QED) is 0.170. The first-order chi connectivity index (χ1) is 22.8. The molecule has 0 radical (unpaired) electrons. The van der Waals surface area contributed by atoms with Gasteiger partial charge in [0.1, 0.15) is 0 Å². The Balaban J connectivity index is 1.11. The lowest BCUT2D eigenvalue weighted by Crippen LogP contribution is -1.84. The maximum Gasteiger partial charge on any atom is 0.0434 e. The summed E-state index contributed by atoms with van der Waals surface area (Å²) in [6.07, 6.45) is 0. The lowest BCUT2D eigenvalue weighted by atomic mass is 9.91. The minimum atomic E-state index is 1.29. The van der Waals surface area contributed by atoms with Gasteiger partial charge in [0.2, 0.25) is 0 Å². The van der Waals surface area contributed by atoms with E-state index in [1.54, 1.807) is 0 Å². The van der Waals surface area contributed by atoms with Gasteiger partial charge < -0.3 is 0 Å². The maximum absolute atomic E-state index is 2.48. The van der Waals surface area contributed by atoms with Crippen LogP contribution in [0.4, 0.5) is 0 Å². The fraction of sp³-hybridized carbons (Fsp3) is 0. The minimum absolute atomic E-state index is 1.29. The molecule has 0 amide bonds. The van der Waals surface area contributed by atoms with Crippen LogP contribution in [0.3, 0.4) is 0 Å². The van der Waals surface area contributed by atoms with Gasteiger partial charge in [0, 0.05) is 40.7 Å². The van der Waals surface area contributed by atoms with E-state index >= 15 is 0 Å². The molecule has 0 nitrogen and oxygen atoms in total. The van der Waals surface area contributed by atoms with Crippen molar-refractivity contribution in [3.63, 3.8) is 0 Å². The van der Waals surface area contributed by atoms with Crippen LogP contribution in [0.25, 0.3) is 116 Å². The Hall–Kier alpha value is -5.28. The van der Waals surface area contributed by atoms with E-state index in [0.717, 1.165) is 0 Å². The molecule has 2 heterocycles. The highest BCUT2D eigenvalue weighted by molar-refractivity contribution is 7.24. The molecular formula is C44H22S2. The number of rotatable bonds is 2. The molecule has 0 saturated heterocycles. The molecule has 2 aromatic heterocycles. The summed E-state index contributed by atoms with van der Waals surface area (Å²) in [6, 6.07) is 50.4. The van der Waals surface area contributed by atoms with Crippen LogP contribution in [0.15, 0.2) is 133 Å². The van der Waals surface area contributed by atoms with E-state index < -0.39 is 0 Å². The average Bonchev–Trinajstić information content (AvgIpc) is 3.87. The normalized spacial score (nSPS) is 12.8. The van der Waals surface area contributed by atoms with Gasteiger partial charge in [-0.15, -0.1) is 22.7 Å². The van der Waals surface area contributed by atoms with Gasteiger partial charge in [-0.05, 0) is 112 Å². The van der Waals surface area contributed by atoms with Crippen LogP contribution in [-0.2, 0) is 0 Å². The highest BCUT2D eigenvalue weighted by Gasteiger charge is 2.24. The maximum atomic E-state index is 2.48. The molecule has 210 valence electrons. The first-order valence-electron chi connectivity index (χ1n) is 15.8. The number of hydrogen-bond acceptors (Lipinski definition) is 2. The van der Waals surface area contributed by atoms with Crippen molar-refractivity contribution in [3.8, 4) is 20.9 Å². The van der Waals surface area contributed by atoms with Crippen molar-refractivity contribution in [1.29, 1.82) is 0 Å². The minimum Gasteiger partial charge on any atom is -0.135 e. The van der Waals surface area contributed by atoms with Gasteiger partial charge in [-0.25, -0.2) is 0 Å². The SMILES string of the molecule is c1ccc2cc(-c3cc4c5ccc6cc7c8sc(-c9ccc%10ccccc%10c9)cc8c8ccc9cc(c4s3)c5c6c9c87)ccc2c1. The summed E-state index contributed by atoms with van der Waals surface area (Å²) in [6.45, 7) is 0. The Morgan fingerprint density at radius 3 is 1.20 bits per heavy atom. The molecular weight excluding hydrogens is 593 g/mol. The first-order valence-corrected chi connectivity index (χ1v) is 17.5. The van der Waals surface area contributed by atoms with Crippen LogP contribution in [0.1, 0.15) is 0 Å². The molecule has 10 aromatic carbocycles. The van der Waals surface area contributed by atoms with E-state index in [9.17, 15) is 0 Å². The van der Waals surface area contributed by atoms with Crippen molar-refractivity contribution in [3.05, 3.63) is 133 Å². The summed E-state index contributed by atoms with van der Waals surface area (Å²) < 4.78 is 2.82. The second-order valence-electron chi connectivity index (χ2n) is 12.9. The van der Waals surface area contributed by atoms with Gasteiger partial charge in [-0.1, -0.05) is 97.1 Å². The monoisotopic (exact) mass is 614 g/mol. The molecule has 12 aromatic rings. The van der Waals surface area contributed by atoms with Crippen molar-refractivity contribution in [2.24, 2.45) is 0 Å². The standard InChI is InChI=1S/C44H22S2/c1-3-7-25-17-27(11-9-23(25)5-1)37-21-33-31-15-13-30-20-36-42-32(16-14-29-19-35(43(33)45-37)41(31)39(30)40(29)42)34-22-38(46-44(34)36)28-12-10-24-6-2-4-8-26(24)18-28/h1-22H. The molecule has 0 bridgehead atoms. The Morgan fingerprint density at radius 2 is 0.717 bits per heavy atom. The molecule has 46 heavy (non-hydrogen) atoms. The van der Waals surface area contributed by atoms with E-state index in [0.29, 0.717) is 0 Å². The van der Waals surface area contributed by atoms with Gasteiger partial charge in [-0.3, -0.25) is 0 Å². The van der Waals surface area contributed by atoms with Crippen LogP contribution in [0.2, 0.25) is 0 Å². The van der Waals surface area contributed by atoms with Gasteiger partial charge in [0.05, 0.1) is 0 Å². The van der Waals surface area contributed by atoms with Crippen LogP contribution < -0.4 is 0 Å². The van der Waals surface area contributed by atoms with E-state index in [1.165, 1.54) is 116 Å². The third-order valence-electron chi connectivity index (χ3n) is 10.5. The third-order valence-corrected chi connectivity index (χ3v) is 12.9. The van der Waals surface area contributed by atoms with Gasteiger partial charge in [0.15, 0.2) is 0 Å². The van der Waals surface area contributed by atoms with Gasteiger partial charge in [0.25, 0.3) is 0 Å². The second kappa shape index (κ2) is 8.30. The van der Waals surface area contributed by atoms with Crippen LogP contribution in [-0.4, -0.2) is 0 Å². The highest BCUT2D eigenvalue weighted by Crippen LogP contribution is 2.53. The summed E-state index contributed by atoms with van der Waals surface area (Å²) in [5.74, 6) is 0. The van der Waals surface area contributed by atoms with Crippen LogP contribution >= 0.6 is 22.7 Å². The zero-order chi connectivity index (χ0) is 29.7. The molecule has 0 unspecified atom stereocenters. The molecule has 0 fully saturated rings. The van der Waals surface area contributed by atoms with E-state index in [-0.39, 0.29) is 0 Å². The summed E-state index contributed by atoms with van der Waals surface area (Å²) in [7, 11) is 0. The highest BCUT2D eigenvalue weighted by atomic mass is 32.1. The van der Waals surface area contributed by atoms with E-state index in [1.807, 2.05) is 22.7 Å². The molecule has 0 atom stereocenters. The predicted octanol–water partition coefficient (Wildman–Crippen LogP) is 13.8. The number of benzene rings is 8. The smallest absolute Gasteiger partial charge is 0.0434 e. The topological polar surface area (TPSA) is 0 Å². The molecule has 2 heteroatoms. The van der Waals surface area contributed by atoms with Crippen molar-refractivity contribution in [2.45, 2.75) is 0 Å². The fourth-order valence-corrected chi connectivity index (χ4v) is 10.8. The van der Waals surface area contributed by atoms with Gasteiger partial charge in [-0.2, -0.15) is 0 Å². The van der Waals surface area contributed by atoms with Crippen molar-refractivity contribution in [1.82, 2.24) is 0 Å². The molecule has 0 spiro atoms. The Bertz CT molecular complexity index is 2970. The molecule has 0 saturated carbocycles. The van der Waals surface area contributed by atoms with Crippen LogP contribution in [0.5, 0.6) is 0 Å². The summed E-state index contributed by atoms with van der Waals surface area (Å²) in [4.78, 5) is 2.68. The second-order valence-corrected chi connectivity index (χ2v) is 15.0. The number of hydrogen-bond donors (Lipinski definition) is 0. The predicted molar refractivity (Wildman–Crippen MR) is 204 cm³/mol. The fourth-order valence-electron chi connectivity index (χ4n) is 8.39. The lowest BCUT2D eigenvalue weighted by Gasteiger charge is -2.13. The molecule has 12 rings (SSSR count). The Morgan fingerprint density at radius 1 is 0.283 bits per heavy atom. The van der Waals surface area contributed by atoms with E-state index in [2.05, 4.69) is 133 Å². The zero-order valence-corrected chi connectivity index (χ0v) is 26.2. The summed E-state index contributed by atoms with van der Waals surface area (Å²) in [5, 5.41) is 22.0.